The third kappa shape index (κ3) is 3.54. The first-order chi connectivity index (χ1) is 8.13. The standard InChI is InChI=1S/C10H16N2O5S/c1-10(2,18(3,15)16)7-11-6-8-4-5-9(17-8)12(13)14/h4-5,11H,6-7H2,1-3H3. The van der Waals surface area contributed by atoms with E-state index in [1.54, 1.807) is 13.8 Å². The lowest BCUT2D eigenvalue weighted by atomic mass is 10.2. The molecule has 1 N–H and O–H groups in total. The van der Waals surface area contributed by atoms with Crippen molar-refractivity contribution >= 4 is 15.7 Å². The van der Waals surface area contributed by atoms with Crippen LogP contribution in [0.2, 0.25) is 0 Å². The Bertz CT molecular complexity index is 532. The molecule has 0 aliphatic rings. The van der Waals surface area contributed by atoms with Gasteiger partial charge in [0.25, 0.3) is 0 Å². The average molecular weight is 276 g/mol. The zero-order valence-electron chi connectivity index (χ0n) is 10.5. The molecule has 18 heavy (non-hydrogen) atoms. The third-order valence-corrected chi connectivity index (χ3v) is 4.83. The van der Waals surface area contributed by atoms with Gasteiger partial charge < -0.3 is 9.73 Å². The number of nitrogens with one attached hydrogen (secondary N) is 1. The predicted molar refractivity (Wildman–Crippen MR) is 66.0 cm³/mol. The van der Waals surface area contributed by atoms with E-state index in [9.17, 15) is 18.5 Å². The van der Waals surface area contributed by atoms with E-state index >= 15 is 0 Å². The zero-order chi connectivity index (χ0) is 14.0. The first-order valence-electron chi connectivity index (χ1n) is 5.27. The van der Waals surface area contributed by atoms with Gasteiger partial charge in [0, 0.05) is 12.8 Å². The van der Waals surface area contributed by atoms with Gasteiger partial charge in [-0.05, 0) is 19.9 Å². The largest absolute Gasteiger partial charge is 0.433 e. The number of sulfone groups is 1. The van der Waals surface area contributed by atoms with Gasteiger partial charge >= 0.3 is 5.88 Å². The summed E-state index contributed by atoms with van der Waals surface area (Å²) in [5.74, 6) is 0.0696. The maximum absolute atomic E-state index is 11.4. The number of furan rings is 1. The summed E-state index contributed by atoms with van der Waals surface area (Å²) in [5.41, 5.74) is 0. The molecule has 1 aromatic heterocycles. The van der Waals surface area contributed by atoms with E-state index in [0.717, 1.165) is 0 Å². The van der Waals surface area contributed by atoms with Gasteiger partial charge in [-0.1, -0.05) is 0 Å². The van der Waals surface area contributed by atoms with Crippen molar-refractivity contribution in [2.45, 2.75) is 25.1 Å². The zero-order valence-corrected chi connectivity index (χ0v) is 11.3. The van der Waals surface area contributed by atoms with Crippen LogP contribution in [0.3, 0.4) is 0 Å². The summed E-state index contributed by atoms with van der Waals surface area (Å²) < 4.78 is 26.9. The van der Waals surface area contributed by atoms with Crippen LogP contribution in [0.4, 0.5) is 5.88 Å². The molecule has 0 aromatic carbocycles. The lowest BCUT2D eigenvalue weighted by molar-refractivity contribution is -0.402. The molecule has 102 valence electrons. The molecule has 0 spiro atoms. The Labute approximate surface area is 105 Å². The first-order valence-corrected chi connectivity index (χ1v) is 7.16. The number of nitro groups is 1. The van der Waals surface area contributed by atoms with Gasteiger partial charge in [0.05, 0.1) is 17.4 Å². The van der Waals surface area contributed by atoms with Crippen molar-refractivity contribution in [3.05, 3.63) is 28.0 Å². The van der Waals surface area contributed by atoms with Crippen molar-refractivity contribution in [3.63, 3.8) is 0 Å². The van der Waals surface area contributed by atoms with E-state index in [0.29, 0.717) is 5.76 Å². The summed E-state index contributed by atoms with van der Waals surface area (Å²) in [4.78, 5) is 9.77. The van der Waals surface area contributed by atoms with Gasteiger partial charge in [-0.25, -0.2) is 8.42 Å². The molecule has 7 nitrogen and oxygen atoms in total. The van der Waals surface area contributed by atoms with Crippen LogP contribution in [0.5, 0.6) is 0 Å². The highest BCUT2D eigenvalue weighted by molar-refractivity contribution is 7.92. The molecule has 0 aliphatic heterocycles. The molecular weight excluding hydrogens is 260 g/mol. The van der Waals surface area contributed by atoms with Crippen LogP contribution in [0.15, 0.2) is 16.5 Å². The predicted octanol–water partition coefficient (Wildman–Crippen LogP) is 1.10. The molecule has 0 radical (unpaired) electrons. The van der Waals surface area contributed by atoms with Crippen molar-refractivity contribution in [2.24, 2.45) is 0 Å². The van der Waals surface area contributed by atoms with E-state index in [2.05, 4.69) is 5.32 Å². The van der Waals surface area contributed by atoms with E-state index < -0.39 is 19.5 Å². The number of rotatable bonds is 6. The third-order valence-electron chi connectivity index (χ3n) is 2.68. The monoisotopic (exact) mass is 276 g/mol. The molecule has 0 bridgehead atoms. The Morgan fingerprint density at radius 2 is 2.06 bits per heavy atom. The van der Waals surface area contributed by atoms with Crippen molar-refractivity contribution < 1.29 is 17.8 Å². The fourth-order valence-electron chi connectivity index (χ4n) is 1.18. The Balaban J connectivity index is 2.54. The minimum atomic E-state index is -3.17. The second-order valence-electron chi connectivity index (χ2n) is 4.63. The molecule has 1 rings (SSSR count). The van der Waals surface area contributed by atoms with Gasteiger partial charge in [0.2, 0.25) is 0 Å². The van der Waals surface area contributed by atoms with Crippen LogP contribution in [0.25, 0.3) is 0 Å². The van der Waals surface area contributed by atoms with Gasteiger partial charge in [-0.3, -0.25) is 10.1 Å². The van der Waals surface area contributed by atoms with Gasteiger partial charge in [-0.2, -0.15) is 0 Å². The second-order valence-corrected chi connectivity index (χ2v) is 7.28. The first kappa shape index (κ1) is 14.7. The average Bonchev–Trinajstić information content (AvgIpc) is 2.64. The second kappa shape index (κ2) is 5.07. The molecule has 1 aromatic rings. The Morgan fingerprint density at radius 1 is 1.44 bits per heavy atom. The maximum Gasteiger partial charge on any atom is 0.433 e. The molecule has 1 heterocycles. The van der Waals surface area contributed by atoms with Crippen molar-refractivity contribution in [3.8, 4) is 0 Å². The molecular formula is C10H16N2O5S. The van der Waals surface area contributed by atoms with Gasteiger partial charge in [-0.15, -0.1) is 0 Å². The van der Waals surface area contributed by atoms with Crippen LogP contribution < -0.4 is 5.32 Å². The highest BCUT2D eigenvalue weighted by atomic mass is 32.2. The molecule has 0 saturated carbocycles. The van der Waals surface area contributed by atoms with E-state index in [-0.39, 0.29) is 19.0 Å². The minimum Gasteiger partial charge on any atom is -0.404 e. The molecule has 0 amide bonds. The van der Waals surface area contributed by atoms with Gasteiger partial charge in [0.1, 0.15) is 10.7 Å². The van der Waals surface area contributed by atoms with Crippen LogP contribution >= 0.6 is 0 Å². The Hall–Kier alpha value is -1.41. The highest BCUT2D eigenvalue weighted by Gasteiger charge is 2.29. The van der Waals surface area contributed by atoms with Crippen LogP contribution in [0, 0.1) is 10.1 Å². The number of nitrogens with zero attached hydrogens (tertiary/aromatic N) is 1. The fraction of sp³-hybridized carbons (Fsp3) is 0.600. The number of hydrogen-bond acceptors (Lipinski definition) is 6. The molecule has 0 saturated heterocycles. The Kier molecular flexibility index (Phi) is 4.12. The summed E-state index contributed by atoms with van der Waals surface area (Å²) in [6.45, 7) is 3.70. The van der Waals surface area contributed by atoms with E-state index in [1.165, 1.54) is 18.4 Å². The van der Waals surface area contributed by atoms with Crippen LogP contribution in [-0.4, -0.2) is 30.9 Å². The van der Waals surface area contributed by atoms with Crippen molar-refractivity contribution in [1.29, 1.82) is 0 Å². The highest BCUT2D eigenvalue weighted by Crippen LogP contribution is 2.16. The summed E-state index contributed by atoms with van der Waals surface area (Å²) in [6.07, 6.45) is 1.17. The summed E-state index contributed by atoms with van der Waals surface area (Å²) in [5, 5.41) is 13.3. The molecule has 0 fully saturated rings. The van der Waals surface area contributed by atoms with E-state index in [4.69, 9.17) is 4.42 Å². The quantitative estimate of drug-likeness (QED) is 0.616. The van der Waals surface area contributed by atoms with Gasteiger partial charge in [0.15, 0.2) is 9.84 Å². The molecule has 0 aliphatic carbocycles. The van der Waals surface area contributed by atoms with Crippen LogP contribution in [0.1, 0.15) is 19.6 Å². The summed E-state index contributed by atoms with van der Waals surface area (Å²) in [6, 6.07) is 2.75. The molecule has 0 atom stereocenters. The van der Waals surface area contributed by atoms with Crippen LogP contribution in [-0.2, 0) is 16.4 Å². The fourth-order valence-corrected chi connectivity index (χ4v) is 1.54. The van der Waals surface area contributed by atoms with Crippen molar-refractivity contribution in [1.82, 2.24) is 5.32 Å². The smallest absolute Gasteiger partial charge is 0.404 e. The molecule has 0 unspecified atom stereocenters. The topological polar surface area (TPSA) is 102 Å². The lowest BCUT2D eigenvalue weighted by Crippen LogP contribution is -2.41. The van der Waals surface area contributed by atoms with Crippen molar-refractivity contribution in [2.75, 3.05) is 12.8 Å². The maximum atomic E-state index is 11.4. The summed E-state index contributed by atoms with van der Waals surface area (Å²) >= 11 is 0. The number of hydrogen-bond donors (Lipinski definition) is 1. The normalized spacial score (nSPS) is 12.6. The minimum absolute atomic E-state index is 0.236. The Morgan fingerprint density at radius 3 is 2.50 bits per heavy atom. The SMILES string of the molecule is CC(C)(CNCc1ccc([N+](=O)[O-])o1)S(C)(=O)=O. The van der Waals surface area contributed by atoms with E-state index in [1.807, 2.05) is 0 Å². The lowest BCUT2D eigenvalue weighted by Gasteiger charge is -2.22. The summed E-state index contributed by atoms with van der Waals surface area (Å²) in [7, 11) is -3.17. The molecule has 8 heteroatoms.